The van der Waals surface area contributed by atoms with E-state index in [-0.39, 0.29) is 35.3 Å². The second kappa shape index (κ2) is 8.54. The fraction of sp³-hybridized carbons (Fsp3) is 0.636. The molecule has 7 atom stereocenters. The minimum Gasteiger partial charge on any atom is -0.506 e. The van der Waals surface area contributed by atoms with Crippen LogP contribution in [0.3, 0.4) is 0 Å². The highest BCUT2D eigenvalue weighted by atomic mass is 79.9. The van der Waals surface area contributed by atoms with Crippen molar-refractivity contribution in [2.24, 2.45) is 23.7 Å². The van der Waals surface area contributed by atoms with Crippen molar-refractivity contribution in [2.45, 2.75) is 64.1 Å². The van der Waals surface area contributed by atoms with Crippen molar-refractivity contribution >= 4 is 43.7 Å². The minimum atomic E-state index is -1.16. The molecule has 5 fully saturated rings. The van der Waals surface area contributed by atoms with Crippen LogP contribution >= 0.6 is 31.9 Å². The van der Waals surface area contributed by atoms with Crippen LogP contribution in [-0.4, -0.2) is 39.7 Å². The molecule has 0 unspecified atom stereocenters. The lowest BCUT2D eigenvalue weighted by atomic mass is 9.57. The zero-order valence-electron chi connectivity index (χ0n) is 18.1. The van der Waals surface area contributed by atoms with Crippen LogP contribution in [0.2, 0.25) is 0 Å². The van der Waals surface area contributed by atoms with Gasteiger partial charge in [-0.05, 0) is 66.1 Å². The van der Waals surface area contributed by atoms with E-state index in [1.807, 2.05) is 13.8 Å². The third-order valence-electron chi connectivity index (χ3n) is 7.38. The van der Waals surface area contributed by atoms with Crippen molar-refractivity contribution in [1.29, 1.82) is 0 Å². The van der Waals surface area contributed by atoms with E-state index in [0.29, 0.717) is 20.8 Å². The normalized spacial score (nSPS) is 39.8. The first-order valence-electron chi connectivity index (χ1n) is 10.7. The van der Waals surface area contributed by atoms with E-state index >= 15 is 0 Å². The average Bonchev–Trinajstić information content (AvgIpc) is 2.95. The van der Waals surface area contributed by atoms with Gasteiger partial charge in [0.1, 0.15) is 11.3 Å². The molecule has 4 aliphatic heterocycles. The van der Waals surface area contributed by atoms with Crippen LogP contribution in [0.4, 0.5) is 0 Å². The van der Waals surface area contributed by atoms with Crippen LogP contribution in [0.5, 0.6) is 5.75 Å². The number of carbonyl (C=O) groups excluding carboxylic acids is 1. The third kappa shape index (κ3) is 3.87. The van der Waals surface area contributed by atoms with Crippen molar-refractivity contribution in [3.05, 3.63) is 26.6 Å². The van der Waals surface area contributed by atoms with Crippen LogP contribution < -0.4 is 5.32 Å². The molecule has 4 heterocycles. The van der Waals surface area contributed by atoms with E-state index in [1.54, 1.807) is 6.07 Å². The summed E-state index contributed by atoms with van der Waals surface area (Å²) in [5.41, 5.74) is -0.627. The number of hydrogen-bond donors (Lipinski definition) is 3. The lowest BCUT2D eigenvalue weighted by Gasteiger charge is -2.58. The summed E-state index contributed by atoms with van der Waals surface area (Å²) in [6.07, 6.45) is 3.64. The molecule has 6 rings (SSSR count). The first-order chi connectivity index (χ1) is 15.0. The molecule has 10 heteroatoms. The predicted molar refractivity (Wildman–Crippen MR) is 121 cm³/mol. The maximum absolute atomic E-state index is 12.2. The zero-order valence-corrected chi connectivity index (χ0v) is 21.2. The zero-order chi connectivity index (χ0) is 23.4. The summed E-state index contributed by atoms with van der Waals surface area (Å²) < 4.78 is 7.07. The Kier molecular flexibility index (Phi) is 6.39. The van der Waals surface area contributed by atoms with Gasteiger partial charge in [0.25, 0.3) is 0 Å². The molecular weight excluding hydrogens is 550 g/mol. The number of piperidine rings is 1. The van der Waals surface area contributed by atoms with E-state index in [9.17, 15) is 14.7 Å². The largest absolute Gasteiger partial charge is 0.506 e. The van der Waals surface area contributed by atoms with Gasteiger partial charge in [-0.15, -0.1) is 0 Å². The highest BCUT2D eigenvalue weighted by molar-refractivity contribution is 9.11. The summed E-state index contributed by atoms with van der Waals surface area (Å²) in [5, 5.41) is 20.9. The summed E-state index contributed by atoms with van der Waals surface area (Å²) >= 11 is 6.13. The maximum atomic E-state index is 12.2. The second-order valence-electron chi connectivity index (χ2n) is 9.34. The lowest BCUT2D eigenvalue weighted by molar-refractivity contribution is -0.538. The van der Waals surface area contributed by atoms with E-state index in [1.165, 1.54) is 6.07 Å². The van der Waals surface area contributed by atoms with Crippen molar-refractivity contribution < 1.29 is 34.3 Å². The number of ether oxygens (including phenoxy) is 1. The summed E-state index contributed by atoms with van der Waals surface area (Å²) in [6.45, 7) is 6.19. The highest BCUT2D eigenvalue weighted by Crippen LogP contribution is 2.58. The van der Waals surface area contributed by atoms with Gasteiger partial charge in [-0.25, -0.2) is 14.6 Å². The number of aromatic carboxylic acids is 1. The first kappa shape index (κ1) is 23.9. The number of carbonyl (C=O) groups is 2. The highest BCUT2D eigenvalue weighted by Gasteiger charge is 2.68. The van der Waals surface area contributed by atoms with Crippen LogP contribution in [0.1, 0.15) is 56.8 Å². The number of nitrogens with one attached hydrogen (secondary N) is 1. The Hall–Kier alpha value is -1.20. The summed E-state index contributed by atoms with van der Waals surface area (Å²) in [6, 6.07) is 2.91. The number of phenols is 1. The van der Waals surface area contributed by atoms with Gasteiger partial charge < -0.3 is 20.3 Å². The predicted octanol–water partition coefficient (Wildman–Crippen LogP) is 4.58. The van der Waals surface area contributed by atoms with Gasteiger partial charge >= 0.3 is 5.97 Å². The molecule has 5 aliphatic rings. The van der Waals surface area contributed by atoms with Crippen LogP contribution in [0, 0.1) is 23.7 Å². The van der Waals surface area contributed by atoms with Gasteiger partial charge in [-0.3, -0.25) is 4.79 Å². The second-order valence-corrected chi connectivity index (χ2v) is 11.1. The monoisotopic (exact) mass is 575 g/mol. The molecular formula is C22H27Br2NO7. The van der Waals surface area contributed by atoms with Crippen molar-refractivity contribution in [1.82, 2.24) is 5.32 Å². The van der Waals surface area contributed by atoms with Gasteiger partial charge in [0.2, 0.25) is 11.7 Å². The average molecular weight is 577 g/mol. The summed E-state index contributed by atoms with van der Waals surface area (Å²) in [7, 11) is 0. The molecule has 0 aromatic heterocycles. The molecule has 1 spiro atoms. The quantitative estimate of drug-likeness (QED) is 0.419. The van der Waals surface area contributed by atoms with Gasteiger partial charge in [0.05, 0.1) is 4.47 Å². The molecule has 2 bridgehead atoms. The Morgan fingerprint density at radius 3 is 2.56 bits per heavy atom. The van der Waals surface area contributed by atoms with E-state index in [0.717, 1.165) is 25.7 Å². The molecule has 32 heavy (non-hydrogen) atoms. The Labute approximate surface area is 203 Å². The molecule has 0 radical (unpaired) electrons. The summed E-state index contributed by atoms with van der Waals surface area (Å²) in [4.78, 5) is 34.4. The third-order valence-corrected chi connectivity index (χ3v) is 8.44. The van der Waals surface area contributed by atoms with Gasteiger partial charge in [0, 0.05) is 22.7 Å². The molecule has 8 nitrogen and oxygen atoms in total. The number of carboxylic acids is 1. The van der Waals surface area contributed by atoms with Crippen molar-refractivity contribution in [3.63, 3.8) is 0 Å². The van der Waals surface area contributed by atoms with Gasteiger partial charge in [-0.2, -0.15) is 0 Å². The topological polar surface area (TPSA) is 114 Å². The number of halogens is 2. The molecule has 4 saturated heterocycles. The first-order valence-corrected chi connectivity index (χ1v) is 12.3. The Bertz CT molecular complexity index is 943. The molecule has 176 valence electrons. The van der Waals surface area contributed by atoms with Gasteiger partial charge in [0.15, 0.2) is 11.8 Å². The Morgan fingerprint density at radius 2 is 1.88 bits per heavy atom. The van der Waals surface area contributed by atoms with Gasteiger partial charge in [-0.1, -0.05) is 29.8 Å². The standard InChI is InChI=1S/C15H23NO4.C7H4Br2O3/c1-8-4-5-11-9(2)12(17)16-13-15(11)10(8)6-7-14(3,18-13)19-20-15;8-3-1-4(7(11)12)6(10)5(9)2-3/h8-11,13H,4-7H2,1-3H3,(H,16,17);1-2,10H,(H,11,12)/t8-,9-,10+,11+,13-,14-,15-;/m1./s1. The molecule has 1 aromatic carbocycles. The molecule has 1 amide bonds. The number of hydrogen-bond acceptors (Lipinski definition) is 6. The number of fused-ring (bicyclic) bond motifs is 2. The number of amides is 1. The number of aromatic hydroxyl groups is 1. The fourth-order valence-electron chi connectivity index (χ4n) is 5.65. The Morgan fingerprint density at radius 1 is 1.16 bits per heavy atom. The fourth-order valence-corrected chi connectivity index (χ4v) is 6.88. The van der Waals surface area contributed by atoms with Crippen molar-refractivity contribution in [2.75, 3.05) is 0 Å². The lowest BCUT2D eigenvalue weighted by Crippen LogP contribution is -2.74. The van der Waals surface area contributed by atoms with Crippen LogP contribution in [0.15, 0.2) is 21.1 Å². The van der Waals surface area contributed by atoms with E-state index < -0.39 is 17.4 Å². The van der Waals surface area contributed by atoms with Crippen molar-refractivity contribution in [3.8, 4) is 5.75 Å². The summed E-state index contributed by atoms with van der Waals surface area (Å²) in [5.74, 6) is -0.965. The Balaban J connectivity index is 0.000000176. The van der Waals surface area contributed by atoms with Crippen LogP contribution in [0.25, 0.3) is 0 Å². The molecule has 1 aromatic rings. The number of rotatable bonds is 1. The van der Waals surface area contributed by atoms with Crippen LogP contribution in [-0.2, 0) is 19.3 Å². The maximum Gasteiger partial charge on any atom is 0.339 e. The minimum absolute atomic E-state index is 0.0455. The number of benzene rings is 1. The molecule has 1 saturated carbocycles. The SMILES string of the molecule is C[C@@H]1CC[C@H]2[C@@H](C)C(=O)N[C@@H]3O[C@@]4(C)CC[C@@H]1[C@]32OO4.O=C(O)c1cc(Br)cc(Br)c1O. The molecule has 3 N–H and O–H groups in total. The van der Waals surface area contributed by atoms with E-state index in [4.69, 9.17) is 19.6 Å². The smallest absolute Gasteiger partial charge is 0.339 e. The number of carboxylic acid groups (broad SMARTS) is 1. The molecule has 1 aliphatic carbocycles. The van der Waals surface area contributed by atoms with E-state index in [2.05, 4.69) is 44.1 Å².